The highest BCUT2D eigenvalue weighted by molar-refractivity contribution is 5.79. The highest BCUT2D eigenvalue weighted by Gasteiger charge is 2.31. The van der Waals surface area contributed by atoms with Crippen LogP contribution in [0, 0.1) is 25.2 Å². The van der Waals surface area contributed by atoms with Crippen LogP contribution in [0.2, 0.25) is 0 Å². The van der Waals surface area contributed by atoms with E-state index in [2.05, 4.69) is 9.97 Å². The van der Waals surface area contributed by atoms with Crippen LogP contribution in [0.1, 0.15) is 34.0 Å². The summed E-state index contributed by atoms with van der Waals surface area (Å²) in [5.74, 6) is -0.894. The number of halogens is 3. The number of aryl methyl sites for hydroxylation is 2. The molecular weight excluding hydrogens is 327 g/mol. The number of rotatable bonds is 2. The number of pyridine rings is 2. The minimum Gasteiger partial charge on any atom is -0.233 e. The predicted molar refractivity (Wildman–Crippen MR) is 87.9 cm³/mol. The van der Waals surface area contributed by atoms with Crippen molar-refractivity contribution in [1.82, 2.24) is 9.97 Å². The minimum absolute atomic E-state index is 0.258. The molecule has 126 valence electrons. The van der Waals surface area contributed by atoms with Crippen molar-refractivity contribution in [3.63, 3.8) is 0 Å². The summed E-state index contributed by atoms with van der Waals surface area (Å²) in [5.41, 5.74) is 2.15. The van der Waals surface area contributed by atoms with Gasteiger partial charge in [0, 0.05) is 11.1 Å². The number of fused-ring (bicyclic) bond motifs is 1. The lowest BCUT2D eigenvalue weighted by Gasteiger charge is -2.13. The second-order valence-corrected chi connectivity index (χ2v) is 5.87. The molecule has 0 aliphatic carbocycles. The summed E-state index contributed by atoms with van der Waals surface area (Å²) < 4.78 is 38.8. The monoisotopic (exact) mass is 341 g/mol. The Hall–Kier alpha value is -2.94. The van der Waals surface area contributed by atoms with Crippen molar-refractivity contribution in [2.45, 2.75) is 25.9 Å². The molecule has 0 N–H and O–H groups in total. The highest BCUT2D eigenvalue weighted by atomic mass is 19.4. The third-order valence-corrected chi connectivity index (χ3v) is 4.00. The first kappa shape index (κ1) is 16.9. The Morgan fingerprint density at radius 1 is 1.04 bits per heavy atom. The summed E-state index contributed by atoms with van der Waals surface area (Å²) in [6.07, 6.45) is -4.46. The number of nitriles is 1. The van der Waals surface area contributed by atoms with Crippen molar-refractivity contribution in [3.8, 4) is 6.07 Å². The SMILES string of the molecule is Cc1cc(C)c2ccc(C(C#N)c3cccc(C(F)(F)F)c3)nc2n1. The third kappa shape index (κ3) is 3.31. The van der Waals surface area contributed by atoms with Gasteiger partial charge in [0.1, 0.15) is 5.92 Å². The van der Waals surface area contributed by atoms with Gasteiger partial charge in [-0.05, 0) is 49.2 Å². The van der Waals surface area contributed by atoms with Crippen molar-refractivity contribution in [2.24, 2.45) is 0 Å². The molecule has 3 rings (SSSR count). The van der Waals surface area contributed by atoms with E-state index < -0.39 is 17.7 Å². The molecule has 0 saturated carbocycles. The fourth-order valence-corrected chi connectivity index (χ4v) is 2.81. The highest BCUT2D eigenvalue weighted by Crippen LogP contribution is 2.32. The van der Waals surface area contributed by atoms with E-state index in [4.69, 9.17) is 0 Å². The predicted octanol–water partition coefficient (Wildman–Crippen LogP) is 4.92. The maximum absolute atomic E-state index is 12.9. The van der Waals surface area contributed by atoms with Gasteiger partial charge in [-0.15, -0.1) is 0 Å². The summed E-state index contributed by atoms with van der Waals surface area (Å²) in [6.45, 7) is 3.78. The first-order chi connectivity index (χ1) is 11.8. The Labute approximate surface area is 142 Å². The number of alkyl halides is 3. The van der Waals surface area contributed by atoms with Crippen molar-refractivity contribution < 1.29 is 13.2 Å². The fraction of sp³-hybridized carbons (Fsp3) is 0.211. The molecule has 0 spiro atoms. The Bertz CT molecular complexity index is 987. The zero-order valence-electron chi connectivity index (χ0n) is 13.6. The number of hydrogen-bond donors (Lipinski definition) is 0. The van der Waals surface area contributed by atoms with Crippen LogP contribution in [-0.2, 0) is 6.18 Å². The zero-order valence-corrected chi connectivity index (χ0v) is 13.6. The topological polar surface area (TPSA) is 49.6 Å². The Morgan fingerprint density at radius 2 is 1.80 bits per heavy atom. The van der Waals surface area contributed by atoms with Crippen LogP contribution >= 0.6 is 0 Å². The van der Waals surface area contributed by atoms with E-state index in [1.54, 1.807) is 12.1 Å². The lowest BCUT2D eigenvalue weighted by molar-refractivity contribution is -0.137. The fourth-order valence-electron chi connectivity index (χ4n) is 2.81. The molecule has 1 atom stereocenters. The molecule has 3 nitrogen and oxygen atoms in total. The van der Waals surface area contributed by atoms with Crippen molar-refractivity contribution >= 4 is 11.0 Å². The molecule has 25 heavy (non-hydrogen) atoms. The summed E-state index contributed by atoms with van der Waals surface area (Å²) in [7, 11) is 0. The Balaban J connectivity index is 2.11. The molecular formula is C19H14F3N3. The quantitative estimate of drug-likeness (QED) is 0.665. The third-order valence-electron chi connectivity index (χ3n) is 4.00. The summed E-state index contributed by atoms with van der Waals surface area (Å²) in [6, 6.07) is 12.2. The first-order valence-corrected chi connectivity index (χ1v) is 7.61. The maximum Gasteiger partial charge on any atom is 0.416 e. The van der Waals surface area contributed by atoms with Crippen LogP contribution in [0.15, 0.2) is 42.5 Å². The van der Waals surface area contributed by atoms with Gasteiger partial charge in [0.2, 0.25) is 0 Å². The molecule has 0 fully saturated rings. The van der Waals surface area contributed by atoms with Crippen molar-refractivity contribution in [1.29, 1.82) is 5.26 Å². The van der Waals surface area contributed by atoms with Gasteiger partial charge < -0.3 is 0 Å². The van der Waals surface area contributed by atoms with E-state index in [-0.39, 0.29) is 5.56 Å². The van der Waals surface area contributed by atoms with Crippen LogP contribution in [0.4, 0.5) is 13.2 Å². The van der Waals surface area contributed by atoms with Gasteiger partial charge in [0.15, 0.2) is 5.65 Å². The van der Waals surface area contributed by atoms with Gasteiger partial charge in [-0.25, -0.2) is 9.97 Å². The number of benzene rings is 1. The van der Waals surface area contributed by atoms with E-state index in [1.165, 1.54) is 12.1 Å². The van der Waals surface area contributed by atoms with Gasteiger partial charge >= 0.3 is 6.18 Å². The van der Waals surface area contributed by atoms with Crippen molar-refractivity contribution in [3.05, 3.63) is 70.5 Å². The summed E-state index contributed by atoms with van der Waals surface area (Å²) >= 11 is 0. The summed E-state index contributed by atoms with van der Waals surface area (Å²) in [4.78, 5) is 8.79. The molecule has 1 unspecified atom stereocenters. The molecule has 0 saturated heterocycles. The van der Waals surface area contributed by atoms with Crippen LogP contribution in [-0.4, -0.2) is 9.97 Å². The van der Waals surface area contributed by atoms with Gasteiger partial charge in [-0.2, -0.15) is 18.4 Å². The van der Waals surface area contributed by atoms with E-state index in [1.807, 2.05) is 26.0 Å². The average molecular weight is 341 g/mol. The maximum atomic E-state index is 12.9. The molecule has 2 aromatic heterocycles. The van der Waals surface area contributed by atoms with Gasteiger partial charge in [0.05, 0.1) is 17.3 Å². The largest absolute Gasteiger partial charge is 0.416 e. The number of nitrogens with zero attached hydrogens (tertiary/aromatic N) is 3. The average Bonchev–Trinajstić information content (AvgIpc) is 2.54. The van der Waals surface area contributed by atoms with E-state index in [0.717, 1.165) is 28.8 Å². The van der Waals surface area contributed by atoms with Crippen LogP contribution in [0.3, 0.4) is 0 Å². The zero-order chi connectivity index (χ0) is 18.2. The molecule has 0 aliphatic rings. The first-order valence-electron chi connectivity index (χ1n) is 7.61. The molecule has 0 aliphatic heterocycles. The molecule has 3 aromatic rings. The van der Waals surface area contributed by atoms with Crippen LogP contribution in [0.5, 0.6) is 0 Å². The van der Waals surface area contributed by atoms with E-state index >= 15 is 0 Å². The Kier molecular flexibility index (Phi) is 4.17. The molecule has 6 heteroatoms. The molecule has 0 radical (unpaired) electrons. The van der Waals surface area contributed by atoms with Gasteiger partial charge in [0.25, 0.3) is 0 Å². The van der Waals surface area contributed by atoms with Gasteiger partial charge in [-0.3, -0.25) is 0 Å². The van der Waals surface area contributed by atoms with E-state index in [0.29, 0.717) is 11.3 Å². The lowest BCUT2D eigenvalue weighted by Crippen LogP contribution is -2.08. The minimum atomic E-state index is -4.46. The van der Waals surface area contributed by atoms with Crippen molar-refractivity contribution in [2.75, 3.05) is 0 Å². The smallest absolute Gasteiger partial charge is 0.233 e. The van der Waals surface area contributed by atoms with Crippen LogP contribution in [0.25, 0.3) is 11.0 Å². The number of aromatic nitrogens is 2. The molecule has 0 amide bonds. The number of hydrogen-bond acceptors (Lipinski definition) is 3. The Morgan fingerprint density at radius 3 is 2.48 bits per heavy atom. The standard InChI is InChI=1S/C19H14F3N3/c1-11-8-12(2)24-18-15(11)6-7-17(25-18)16(10-23)13-4-3-5-14(9-13)19(20,21)22/h3-9,16H,1-2H3. The van der Waals surface area contributed by atoms with Gasteiger partial charge in [-0.1, -0.05) is 18.2 Å². The van der Waals surface area contributed by atoms with Crippen LogP contribution < -0.4 is 0 Å². The normalized spacial score (nSPS) is 12.8. The summed E-state index contributed by atoms with van der Waals surface area (Å²) in [5, 5.41) is 10.4. The molecule has 1 aromatic carbocycles. The lowest BCUT2D eigenvalue weighted by atomic mass is 9.94. The second kappa shape index (κ2) is 6.17. The second-order valence-electron chi connectivity index (χ2n) is 5.87. The molecule has 0 bridgehead atoms. The van der Waals surface area contributed by atoms with E-state index in [9.17, 15) is 18.4 Å². The molecule has 2 heterocycles.